The van der Waals surface area contributed by atoms with Crippen LogP contribution in [-0.2, 0) is 21.2 Å². The SMILES string of the molecule is CCC(C)N(CCOC)S(=O)(=O)c1ccc(CCCl)cc1. The second-order valence-corrected chi connectivity index (χ2v) is 7.22. The fourth-order valence-electron chi connectivity index (χ4n) is 2.03. The second-order valence-electron chi connectivity index (χ2n) is 4.95. The molecule has 1 unspecified atom stereocenters. The van der Waals surface area contributed by atoms with Gasteiger partial charge in [0.2, 0.25) is 10.0 Å². The summed E-state index contributed by atoms with van der Waals surface area (Å²) in [7, 11) is -1.92. The van der Waals surface area contributed by atoms with Crippen molar-refractivity contribution in [2.45, 2.75) is 37.6 Å². The van der Waals surface area contributed by atoms with Crippen LogP contribution in [0.4, 0.5) is 0 Å². The minimum Gasteiger partial charge on any atom is -0.383 e. The van der Waals surface area contributed by atoms with E-state index in [0.717, 1.165) is 18.4 Å². The van der Waals surface area contributed by atoms with Gasteiger partial charge < -0.3 is 4.74 Å². The van der Waals surface area contributed by atoms with Crippen molar-refractivity contribution in [1.29, 1.82) is 0 Å². The highest BCUT2D eigenvalue weighted by molar-refractivity contribution is 7.89. The number of halogens is 1. The maximum Gasteiger partial charge on any atom is 0.243 e. The van der Waals surface area contributed by atoms with Crippen molar-refractivity contribution in [1.82, 2.24) is 4.31 Å². The number of ether oxygens (including phenoxy) is 1. The minimum absolute atomic E-state index is 0.0623. The molecular formula is C15H24ClNO3S. The van der Waals surface area contributed by atoms with Crippen LogP contribution in [-0.4, -0.2) is 44.9 Å². The van der Waals surface area contributed by atoms with Crippen LogP contribution >= 0.6 is 11.6 Å². The van der Waals surface area contributed by atoms with Crippen LogP contribution in [0.5, 0.6) is 0 Å². The molecule has 21 heavy (non-hydrogen) atoms. The molecule has 1 aromatic rings. The number of rotatable bonds is 9. The first-order valence-electron chi connectivity index (χ1n) is 7.13. The van der Waals surface area contributed by atoms with Gasteiger partial charge in [0.25, 0.3) is 0 Å². The first-order valence-corrected chi connectivity index (χ1v) is 9.10. The van der Waals surface area contributed by atoms with Gasteiger partial charge >= 0.3 is 0 Å². The number of sulfonamides is 1. The number of methoxy groups -OCH3 is 1. The van der Waals surface area contributed by atoms with Crippen molar-refractivity contribution in [2.75, 3.05) is 26.1 Å². The van der Waals surface area contributed by atoms with Crippen LogP contribution in [0.25, 0.3) is 0 Å². The van der Waals surface area contributed by atoms with E-state index in [1.165, 1.54) is 4.31 Å². The third-order valence-corrected chi connectivity index (χ3v) is 5.73. The van der Waals surface area contributed by atoms with Crippen LogP contribution in [0.3, 0.4) is 0 Å². The third kappa shape index (κ3) is 4.95. The molecule has 0 amide bonds. The number of alkyl halides is 1. The Bertz CT molecular complexity index is 516. The number of aryl methyl sites for hydroxylation is 1. The van der Waals surface area contributed by atoms with E-state index in [-0.39, 0.29) is 6.04 Å². The zero-order valence-corrected chi connectivity index (χ0v) is 14.5. The summed E-state index contributed by atoms with van der Waals surface area (Å²) < 4.78 is 32.0. The summed E-state index contributed by atoms with van der Waals surface area (Å²) in [5, 5.41) is 0. The van der Waals surface area contributed by atoms with Crippen LogP contribution in [0.1, 0.15) is 25.8 Å². The molecule has 0 spiro atoms. The van der Waals surface area contributed by atoms with Gasteiger partial charge in [-0.05, 0) is 37.5 Å². The van der Waals surface area contributed by atoms with Crippen LogP contribution in [0.15, 0.2) is 29.2 Å². The molecule has 0 radical (unpaired) electrons. The predicted molar refractivity (Wildman–Crippen MR) is 86.4 cm³/mol. The minimum atomic E-state index is -3.50. The monoisotopic (exact) mass is 333 g/mol. The van der Waals surface area contributed by atoms with E-state index < -0.39 is 10.0 Å². The number of nitrogens with zero attached hydrogens (tertiary/aromatic N) is 1. The van der Waals surface area contributed by atoms with Crippen LogP contribution in [0, 0.1) is 0 Å². The molecule has 1 atom stereocenters. The van der Waals surface area contributed by atoms with Crippen molar-refractivity contribution in [3.63, 3.8) is 0 Å². The summed E-state index contributed by atoms with van der Waals surface area (Å²) in [5.41, 5.74) is 1.04. The van der Waals surface area contributed by atoms with E-state index >= 15 is 0 Å². The smallest absolute Gasteiger partial charge is 0.243 e. The summed E-state index contributed by atoms with van der Waals surface area (Å²) in [5.74, 6) is 0.527. The molecule has 0 aliphatic carbocycles. The topological polar surface area (TPSA) is 46.6 Å². The van der Waals surface area contributed by atoms with Gasteiger partial charge in [0.15, 0.2) is 0 Å². The van der Waals surface area contributed by atoms with Crippen molar-refractivity contribution in [3.05, 3.63) is 29.8 Å². The predicted octanol–water partition coefficient (Wildman–Crippen LogP) is 2.90. The van der Waals surface area contributed by atoms with Crippen molar-refractivity contribution in [2.24, 2.45) is 0 Å². The lowest BCUT2D eigenvalue weighted by Crippen LogP contribution is -2.40. The Labute approximate surface area is 133 Å². The van der Waals surface area contributed by atoms with Gasteiger partial charge in [-0.15, -0.1) is 11.6 Å². The summed E-state index contributed by atoms with van der Waals surface area (Å²) in [6, 6.07) is 6.88. The first-order chi connectivity index (χ1) is 9.97. The maximum absolute atomic E-state index is 12.8. The maximum atomic E-state index is 12.8. The van der Waals surface area contributed by atoms with E-state index in [1.807, 2.05) is 26.0 Å². The number of hydrogen-bond acceptors (Lipinski definition) is 3. The van der Waals surface area contributed by atoms with Crippen LogP contribution < -0.4 is 0 Å². The van der Waals surface area contributed by atoms with Crippen molar-refractivity contribution < 1.29 is 13.2 Å². The zero-order chi connectivity index (χ0) is 15.9. The first kappa shape index (κ1) is 18.4. The molecule has 0 saturated carbocycles. The van der Waals surface area contributed by atoms with Crippen molar-refractivity contribution >= 4 is 21.6 Å². The molecule has 120 valence electrons. The van der Waals surface area contributed by atoms with Gasteiger partial charge in [0.1, 0.15) is 0 Å². The summed E-state index contributed by atoms with van der Waals surface area (Å²) >= 11 is 5.69. The Morgan fingerprint density at radius 1 is 1.29 bits per heavy atom. The van der Waals surface area contributed by atoms with Crippen LogP contribution in [0.2, 0.25) is 0 Å². The molecule has 0 fully saturated rings. The molecule has 0 aliphatic heterocycles. The fourth-order valence-corrected chi connectivity index (χ4v) is 3.94. The average molecular weight is 334 g/mol. The quantitative estimate of drug-likeness (QED) is 0.653. The average Bonchev–Trinajstić information content (AvgIpc) is 2.48. The van der Waals surface area contributed by atoms with E-state index in [0.29, 0.717) is 23.9 Å². The highest BCUT2D eigenvalue weighted by Gasteiger charge is 2.27. The normalized spacial score (nSPS) is 13.6. The third-order valence-electron chi connectivity index (χ3n) is 3.51. The Balaban J connectivity index is 3.03. The summed E-state index contributed by atoms with van der Waals surface area (Å²) in [6.45, 7) is 4.63. The van der Waals surface area contributed by atoms with E-state index in [1.54, 1.807) is 19.2 Å². The molecule has 0 bridgehead atoms. The number of benzene rings is 1. The van der Waals surface area contributed by atoms with Gasteiger partial charge in [-0.25, -0.2) is 8.42 Å². The molecule has 1 aromatic carbocycles. The van der Waals surface area contributed by atoms with Crippen molar-refractivity contribution in [3.8, 4) is 0 Å². The highest BCUT2D eigenvalue weighted by Crippen LogP contribution is 2.20. The van der Waals surface area contributed by atoms with Gasteiger partial charge in [0.05, 0.1) is 11.5 Å². The molecule has 0 N–H and O–H groups in total. The summed E-state index contributed by atoms with van der Waals surface area (Å²) in [4.78, 5) is 0.317. The molecular weight excluding hydrogens is 310 g/mol. The molecule has 1 rings (SSSR count). The molecule has 6 heteroatoms. The second kappa shape index (κ2) is 8.73. The largest absolute Gasteiger partial charge is 0.383 e. The van der Waals surface area contributed by atoms with Gasteiger partial charge in [-0.1, -0.05) is 19.1 Å². The number of hydrogen-bond donors (Lipinski definition) is 0. The Morgan fingerprint density at radius 3 is 2.38 bits per heavy atom. The highest BCUT2D eigenvalue weighted by atomic mass is 35.5. The molecule has 0 saturated heterocycles. The van der Waals surface area contributed by atoms with Gasteiger partial charge in [0, 0.05) is 25.6 Å². The van der Waals surface area contributed by atoms with E-state index in [2.05, 4.69) is 0 Å². The lowest BCUT2D eigenvalue weighted by molar-refractivity contribution is 0.167. The molecule has 0 aliphatic rings. The van der Waals surface area contributed by atoms with E-state index in [4.69, 9.17) is 16.3 Å². The Hall–Kier alpha value is -0.620. The lowest BCUT2D eigenvalue weighted by Gasteiger charge is -2.27. The van der Waals surface area contributed by atoms with E-state index in [9.17, 15) is 8.42 Å². The molecule has 0 heterocycles. The summed E-state index contributed by atoms with van der Waals surface area (Å²) in [6.07, 6.45) is 1.49. The standard InChI is InChI=1S/C15H24ClNO3S/c1-4-13(2)17(11-12-20-3)21(18,19)15-7-5-14(6-8-15)9-10-16/h5-8,13H,4,9-12H2,1-3H3. The van der Waals surface area contributed by atoms with Gasteiger partial charge in [-0.2, -0.15) is 4.31 Å². The zero-order valence-electron chi connectivity index (χ0n) is 12.9. The Kier molecular flexibility index (Phi) is 7.66. The lowest BCUT2D eigenvalue weighted by atomic mass is 10.2. The molecule has 0 aromatic heterocycles. The molecule has 4 nitrogen and oxygen atoms in total. The fraction of sp³-hybridized carbons (Fsp3) is 0.600. The van der Waals surface area contributed by atoms with Gasteiger partial charge in [-0.3, -0.25) is 0 Å². The Morgan fingerprint density at radius 2 is 1.90 bits per heavy atom.